The van der Waals surface area contributed by atoms with Gasteiger partial charge in [0.05, 0.1) is 29.4 Å². The lowest BCUT2D eigenvalue weighted by Gasteiger charge is -2.26. The average molecular weight is 552 g/mol. The standard InChI is InChI=1S/C25H18BrN3O7/c1-35-21-11-16(20(29(33)34)13-22(21)36-14-15-6-3-2-4-7-15)10-19-23(30)27-25(32)28(24(19)31)18-9-5-8-17(26)12-18/h2-13H,14H2,1H3,(H,27,30,32)/b19-10+. The van der Waals surface area contributed by atoms with E-state index in [1.165, 1.54) is 25.3 Å². The lowest BCUT2D eigenvalue weighted by atomic mass is 10.0. The molecule has 0 radical (unpaired) electrons. The molecule has 1 aliphatic heterocycles. The van der Waals surface area contributed by atoms with Gasteiger partial charge in [0.2, 0.25) is 0 Å². The summed E-state index contributed by atoms with van der Waals surface area (Å²) < 4.78 is 11.7. The molecule has 0 spiro atoms. The van der Waals surface area contributed by atoms with E-state index in [0.29, 0.717) is 4.47 Å². The summed E-state index contributed by atoms with van der Waals surface area (Å²) >= 11 is 3.27. The highest BCUT2D eigenvalue weighted by atomic mass is 79.9. The number of ether oxygens (including phenoxy) is 2. The van der Waals surface area contributed by atoms with Crippen molar-refractivity contribution in [1.29, 1.82) is 0 Å². The number of benzene rings is 3. The number of hydrogen-bond donors (Lipinski definition) is 1. The zero-order valence-electron chi connectivity index (χ0n) is 18.8. The third-order valence-corrected chi connectivity index (χ3v) is 5.71. The Labute approximate surface area is 213 Å². The van der Waals surface area contributed by atoms with E-state index in [4.69, 9.17) is 9.47 Å². The van der Waals surface area contributed by atoms with Crippen molar-refractivity contribution in [3.05, 3.63) is 98.0 Å². The number of urea groups is 1. The fraction of sp³-hybridized carbons (Fsp3) is 0.0800. The molecule has 1 N–H and O–H groups in total. The number of halogens is 1. The molecule has 1 saturated heterocycles. The number of imide groups is 2. The highest BCUT2D eigenvalue weighted by Crippen LogP contribution is 2.37. The van der Waals surface area contributed by atoms with Crippen LogP contribution in [0.5, 0.6) is 11.5 Å². The van der Waals surface area contributed by atoms with E-state index in [-0.39, 0.29) is 29.4 Å². The number of amides is 4. The molecule has 1 aliphatic rings. The quantitative estimate of drug-likeness (QED) is 0.196. The van der Waals surface area contributed by atoms with Crippen LogP contribution in [0, 0.1) is 10.1 Å². The topological polar surface area (TPSA) is 128 Å². The first-order valence-corrected chi connectivity index (χ1v) is 11.3. The molecule has 11 heteroatoms. The fourth-order valence-electron chi connectivity index (χ4n) is 3.51. The zero-order chi connectivity index (χ0) is 25.8. The van der Waals surface area contributed by atoms with Crippen LogP contribution in [0.4, 0.5) is 16.2 Å². The summed E-state index contributed by atoms with van der Waals surface area (Å²) in [7, 11) is 1.36. The van der Waals surface area contributed by atoms with Crippen molar-refractivity contribution in [2.24, 2.45) is 0 Å². The predicted molar refractivity (Wildman–Crippen MR) is 134 cm³/mol. The van der Waals surface area contributed by atoms with Gasteiger partial charge in [-0.15, -0.1) is 0 Å². The molecule has 36 heavy (non-hydrogen) atoms. The van der Waals surface area contributed by atoms with E-state index in [0.717, 1.165) is 22.6 Å². The normalized spacial score (nSPS) is 14.6. The minimum absolute atomic E-state index is 0.0778. The highest BCUT2D eigenvalue weighted by molar-refractivity contribution is 9.10. The van der Waals surface area contributed by atoms with Crippen LogP contribution in [-0.2, 0) is 16.2 Å². The van der Waals surface area contributed by atoms with Gasteiger partial charge in [-0.3, -0.25) is 25.0 Å². The summed E-state index contributed by atoms with van der Waals surface area (Å²) in [5.41, 5.74) is 0.0960. The van der Waals surface area contributed by atoms with Gasteiger partial charge in [0.25, 0.3) is 17.5 Å². The van der Waals surface area contributed by atoms with E-state index in [1.54, 1.807) is 12.1 Å². The van der Waals surface area contributed by atoms with Crippen LogP contribution >= 0.6 is 15.9 Å². The molecule has 182 valence electrons. The van der Waals surface area contributed by atoms with Crippen molar-refractivity contribution in [1.82, 2.24) is 5.32 Å². The number of nitrogens with zero attached hydrogens (tertiary/aromatic N) is 2. The van der Waals surface area contributed by atoms with Gasteiger partial charge in [-0.25, -0.2) is 9.69 Å². The van der Waals surface area contributed by atoms with Crippen LogP contribution in [0.3, 0.4) is 0 Å². The van der Waals surface area contributed by atoms with Gasteiger partial charge in [0.1, 0.15) is 12.2 Å². The molecular weight excluding hydrogens is 534 g/mol. The Bertz CT molecular complexity index is 1410. The molecule has 0 aliphatic carbocycles. The Morgan fingerprint density at radius 3 is 2.44 bits per heavy atom. The first-order chi connectivity index (χ1) is 17.3. The summed E-state index contributed by atoms with van der Waals surface area (Å²) in [6.07, 6.45) is 1.05. The molecule has 3 aromatic rings. The van der Waals surface area contributed by atoms with E-state index in [9.17, 15) is 24.5 Å². The molecule has 4 amide bonds. The SMILES string of the molecule is COc1cc(/C=C2\C(=O)NC(=O)N(c3cccc(Br)c3)C2=O)c([N+](=O)[O-])cc1OCc1ccccc1. The van der Waals surface area contributed by atoms with Gasteiger partial charge in [0, 0.05) is 4.47 Å². The molecule has 3 aromatic carbocycles. The van der Waals surface area contributed by atoms with Crippen molar-refractivity contribution in [3.8, 4) is 11.5 Å². The van der Waals surface area contributed by atoms with Gasteiger partial charge in [-0.1, -0.05) is 52.3 Å². The van der Waals surface area contributed by atoms with Crippen molar-refractivity contribution in [3.63, 3.8) is 0 Å². The number of carbonyl (C=O) groups excluding carboxylic acids is 3. The van der Waals surface area contributed by atoms with Gasteiger partial charge in [-0.2, -0.15) is 0 Å². The van der Waals surface area contributed by atoms with Crippen LogP contribution in [0.15, 0.2) is 76.8 Å². The molecule has 1 heterocycles. The number of nitro groups is 1. The van der Waals surface area contributed by atoms with E-state index in [2.05, 4.69) is 21.2 Å². The number of nitrogens with one attached hydrogen (secondary N) is 1. The Balaban J connectivity index is 1.73. The third kappa shape index (κ3) is 5.10. The number of anilines is 1. The number of nitro benzene ring substituents is 1. The molecule has 1 fully saturated rings. The fourth-order valence-corrected chi connectivity index (χ4v) is 3.90. The maximum Gasteiger partial charge on any atom is 0.335 e. The summed E-state index contributed by atoms with van der Waals surface area (Å²) in [4.78, 5) is 50.1. The first-order valence-electron chi connectivity index (χ1n) is 10.5. The van der Waals surface area contributed by atoms with Crippen LogP contribution in [0.25, 0.3) is 6.08 Å². The second kappa shape index (κ2) is 10.4. The van der Waals surface area contributed by atoms with E-state index < -0.39 is 34.0 Å². The van der Waals surface area contributed by atoms with E-state index in [1.807, 2.05) is 30.3 Å². The lowest BCUT2D eigenvalue weighted by Crippen LogP contribution is -2.54. The first kappa shape index (κ1) is 24.6. The largest absolute Gasteiger partial charge is 0.493 e. The molecule has 4 rings (SSSR count). The van der Waals surface area contributed by atoms with Crippen molar-refractivity contribution >= 4 is 51.2 Å². The minimum Gasteiger partial charge on any atom is -0.493 e. The summed E-state index contributed by atoms with van der Waals surface area (Å²) in [6.45, 7) is 0.138. The molecule has 0 unspecified atom stereocenters. The average Bonchev–Trinajstić information content (AvgIpc) is 2.85. The van der Waals surface area contributed by atoms with Crippen LogP contribution in [0.1, 0.15) is 11.1 Å². The van der Waals surface area contributed by atoms with Crippen molar-refractivity contribution < 1.29 is 28.8 Å². The predicted octanol–water partition coefficient (Wildman–Crippen LogP) is 4.61. The Morgan fingerprint density at radius 1 is 1.03 bits per heavy atom. The van der Waals surface area contributed by atoms with Gasteiger partial charge < -0.3 is 9.47 Å². The Hall–Kier alpha value is -4.51. The monoisotopic (exact) mass is 551 g/mol. The van der Waals surface area contributed by atoms with Gasteiger partial charge >= 0.3 is 6.03 Å². The number of carbonyl (C=O) groups is 3. The van der Waals surface area contributed by atoms with Crippen molar-refractivity contribution in [2.45, 2.75) is 6.61 Å². The number of methoxy groups -OCH3 is 1. The second-order valence-electron chi connectivity index (χ2n) is 7.53. The molecule has 0 saturated carbocycles. The van der Waals surface area contributed by atoms with Crippen molar-refractivity contribution in [2.75, 3.05) is 12.0 Å². The van der Waals surface area contributed by atoms with Crippen LogP contribution in [0.2, 0.25) is 0 Å². The maximum absolute atomic E-state index is 13.2. The van der Waals surface area contributed by atoms with Gasteiger partial charge in [0.15, 0.2) is 11.5 Å². The summed E-state index contributed by atoms with van der Waals surface area (Å²) in [6, 6.07) is 17.1. The molecule has 0 atom stereocenters. The number of rotatable bonds is 7. The summed E-state index contributed by atoms with van der Waals surface area (Å²) in [5.74, 6) is -1.64. The van der Waals surface area contributed by atoms with Crippen LogP contribution < -0.4 is 19.7 Å². The molecule has 0 aromatic heterocycles. The summed E-state index contributed by atoms with van der Waals surface area (Å²) in [5, 5.41) is 13.9. The number of hydrogen-bond acceptors (Lipinski definition) is 7. The molecule has 0 bridgehead atoms. The number of barbiturate groups is 1. The maximum atomic E-state index is 13.2. The van der Waals surface area contributed by atoms with Gasteiger partial charge in [-0.05, 0) is 35.9 Å². The zero-order valence-corrected chi connectivity index (χ0v) is 20.4. The molecule has 10 nitrogen and oxygen atoms in total. The lowest BCUT2D eigenvalue weighted by molar-refractivity contribution is -0.385. The van der Waals surface area contributed by atoms with Crippen LogP contribution in [-0.4, -0.2) is 29.9 Å². The highest BCUT2D eigenvalue weighted by Gasteiger charge is 2.37. The minimum atomic E-state index is -0.978. The third-order valence-electron chi connectivity index (χ3n) is 5.21. The van der Waals surface area contributed by atoms with E-state index >= 15 is 0 Å². The second-order valence-corrected chi connectivity index (χ2v) is 8.45. The molecular formula is C25H18BrN3O7. The Morgan fingerprint density at radius 2 is 1.78 bits per heavy atom. The Kier molecular flexibility index (Phi) is 7.11. The smallest absolute Gasteiger partial charge is 0.335 e.